The van der Waals surface area contributed by atoms with E-state index in [0.717, 1.165) is 4.90 Å². The van der Waals surface area contributed by atoms with Crippen LogP contribution in [-0.4, -0.2) is 28.0 Å². The fraction of sp³-hybridized carbons (Fsp3) is 0.333. The second-order valence-electron chi connectivity index (χ2n) is 2.00. The van der Waals surface area contributed by atoms with Gasteiger partial charge in [0.15, 0.2) is 6.23 Å². The van der Waals surface area contributed by atoms with Crippen LogP contribution in [0.3, 0.4) is 0 Å². The molecule has 0 aromatic rings. The molecule has 4 heteroatoms. The Morgan fingerprint density at radius 2 is 2.40 bits per heavy atom. The van der Waals surface area contributed by atoms with Gasteiger partial charge in [-0.1, -0.05) is 0 Å². The Bertz CT molecular complexity index is 209. The van der Waals surface area contributed by atoms with Crippen LogP contribution in [0.15, 0.2) is 12.2 Å². The predicted octanol–water partition coefficient (Wildman–Crippen LogP) is -0.750. The van der Waals surface area contributed by atoms with Crippen molar-refractivity contribution < 1.29 is 14.7 Å². The number of imide groups is 1. The van der Waals surface area contributed by atoms with E-state index in [1.807, 2.05) is 0 Å². The SMILES string of the molecule is CC(=O)N1C(=O)C=C[C@H]1O. The third-order valence-corrected chi connectivity index (χ3v) is 1.25. The van der Waals surface area contributed by atoms with Gasteiger partial charge in [-0.15, -0.1) is 0 Å². The van der Waals surface area contributed by atoms with Crippen LogP contribution in [0.2, 0.25) is 0 Å². The van der Waals surface area contributed by atoms with Crippen LogP contribution in [-0.2, 0) is 9.59 Å². The van der Waals surface area contributed by atoms with E-state index in [-0.39, 0.29) is 0 Å². The van der Waals surface area contributed by atoms with Gasteiger partial charge in [0.25, 0.3) is 5.91 Å². The molecule has 1 rings (SSSR count). The standard InChI is InChI=1S/C6H7NO3/c1-4(8)7-5(9)2-3-6(7)10/h2-3,5,9H,1H3/t5-/m1/s1. The molecule has 1 atom stereocenters. The molecule has 2 amide bonds. The minimum absolute atomic E-state index is 0.442. The average molecular weight is 141 g/mol. The summed E-state index contributed by atoms with van der Waals surface area (Å²) in [6.07, 6.45) is 1.38. The van der Waals surface area contributed by atoms with Crippen molar-refractivity contribution in [2.45, 2.75) is 13.2 Å². The molecule has 0 unspecified atom stereocenters. The molecule has 0 aromatic heterocycles. The first-order valence-corrected chi connectivity index (χ1v) is 2.83. The van der Waals surface area contributed by atoms with Gasteiger partial charge in [0.2, 0.25) is 5.91 Å². The number of aliphatic hydroxyl groups is 1. The highest BCUT2D eigenvalue weighted by Crippen LogP contribution is 2.07. The van der Waals surface area contributed by atoms with Gasteiger partial charge < -0.3 is 5.11 Å². The quantitative estimate of drug-likeness (QED) is 0.483. The fourth-order valence-electron chi connectivity index (χ4n) is 0.807. The second-order valence-corrected chi connectivity index (χ2v) is 2.00. The van der Waals surface area contributed by atoms with Crippen LogP contribution in [0.25, 0.3) is 0 Å². The lowest BCUT2D eigenvalue weighted by Gasteiger charge is -2.14. The van der Waals surface area contributed by atoms with E-state index >= 15 is 0 Å². The summed E-state index contributed by atoms with van der Waals surface area (Å²) in [7, 11) is 0. The summed E-state index contributed by atoms with van der Waals surface area (Å²) in [5.74, 6) is -0.900. The predicted molar refractivity (Wildman–Crippen MR) is 32.7 cm³/mol. The molecule has 54 valence electrons. The molecule has 0 saturated carbocycles. The van der Waals surface area contributed by atoms with E-state index in [1.165, 1.54) is 19.1 Å². The zero-order valence-electron chi connectivity index (χ0n) is 5.44. The van der Waals surface area contributed by atoms with Crippen molar-refractivity contribution in [3.05, 3.63) is 12.2 Å². The van der Waals surface area contributed by atoms with Crippen molar-refractivity contribution in [1.29, 1.82) is 0 Å². The molecule has 0 bridgehead atoms. The zero-order valence-corrected chi connectivity index (χ0v) is 5.44. The number of hydrogen-bond donors (Lipinski definition) is 1. The topological polar surface area (TPSA) is 57.6 Å². The van der Waals surface area contributed by atoms with Crippen LogP contribution in [0.5, 0.6) is 0 Å². The van der Waals surface area contributed by atoms with E-state index in [9.17, 15) is 9.59 Å². The van der Waals surface area contributed by atoms with Gasteiger partial charge in [-0.2, -0.15) is 0 Å². The van der Waals surface area contributed by atoms with Crippen molar-refractivity contribution in [2.24, 2.45) is 0 Å². The first-order valence-electron chi connectivity index (χ1n) is 2.83. The maximum absolute atomic E-state index is 10.7. The van der Waals surface area contributed by atoms with Gasteiger partial charge in [-0.25, -0.2) is 4.90 Å². The third kappa shape index (κ3) is 0.930. The van der Waals surface area contributed by atoms with Crippen LogP contribution < -0.4 is 0 Å². The van der Waals surface area contributed by atoms with Gasteiger partial charge in [0.05, 0.1) is 0 Å². The highest BCUT2D eigenvalue weighted by atomic mass is 16.3. The summed E-state index contributed by atoms with van der Waals surface area (Å²) >= 11 is 0. The molecule has 0 saturated heterocycles. The van der Waals surface area contributed by atoms with Crippen molar-refractivity contribution in [1.82, 2.24) is 4.90 Å². The third-order valence-electron chi connectivity index (χ3n) is 1.25. The monoisotopic (exact) mass is 141 g/mol. The summed E-state index contributed by atoms with van der Waals surface area (Å²) in [4.78, 5) is 22.0. The fourth-order valence-corrected chi connectivity index (χ4v) is 0.807. The molecular formula is C6H7NO3. The minimum atomic E-state index is -1.06. The van der Waals surface area contributed by atoms with E-state index in [0.29, 0.717) is 0 Å². The Morgan fingerprint density at radius 1 is 1.80 bits per heavy atom. The summed E-state index contributed by atoms with van der Waals surface area (Å²) in [5, 5.41) is 8.93. The average Bonchev–Trinajstić information content (AvgIpc) is 2.11. The Hall–Kier alpha value is -1.16. The van der Waals surface area contributed by atoms with Crippen LogP contribution in [0.4, 0.5) is 0 Å². The first-order chi connectivity index (χ1) is 4.63. The molecule has 0 aromatic carbocycles. The molecule has 0 radical (unpaired) electrons. The molecule has 1 aliphatic heterocycles. The number of carbonyl (C=O) groups excluding carboxylic acids is 2. The van der Waals surface area contributed by atoms with Gasteiger partial charge in [0.1, 0.15) is 0 Å². The first kappa shape index (κ1) is 6.95. The lowest BCUT2D eigenvalue weighted by molar-refractivity contribution is -0.146. The van der Waals surface area contributed by atoms with Gasteiger partial charge in [0, 0.05) is 13.0 Å². The Morgan fingerprint density at radius 3 is 2.60 bits per heavy atom. The Kier molecular flexibility index (Phi) is 1.55. The number of nitrogens with zero attached hydrogens (tertiary/aromatic N) is 1. The van der Waals surface area contributed by atoms with Crippen molar-refractivity contribution in [2.75, 3.05) is 0 Å². The molecule has 1 N–H and O–H groups in total. The zero-order chi connectivity index (χ0) is 7.72. The lowest BCUT2D eigenvalue weighted by Crippen LogP contribution is -2.37. The van der Waals surface area contributed by atoms with E-state index in [1.54, 1.807) is 0 Å². The Labute approximate surface area is 57.7 Å². The maximum atomic E-state index is 10.7. The van der Waals surface area contributed by atoms with Crippen LogP contribution >= 0.6 is 0 Å². The largest absolute Gasteiger partial charge is 0.369 e. The van der Waals surface area contributed by atoms with Crippen LogP contribution in [0, 0.1) is 0 Å². The maximum Gasteiger partial charge on any atom is 0.255 e. The molecular weight excluding hydrogens is 134 g/mol. The molecule has 10 heavy (non-hydrogen) atoms. The van der Waals surface area contributed by atoms with Crippen LogP contribution in [0.1, 0.15) is 6.92 Å². The molecule has 4 nitrogen and oxygen atoms in total. The second kappa shape index (κ2) is 2.22. The van der Waals surface area contributed by atoms with Gasteiger partial charge >= 0.3 is 0 Å². The highest BCUT2D eigenvalue weighted by molar-refractivity contribution is 6.02. The summed E-state index contributed by atoms with van der Waals surface area (Å²) in [6, 6.07) is 0. The smallest absolute Gasteiger partial charge is 0.255 e. The summed E-state index contributed by atoms with van der Waals surface area (Å²) in [5.41, 5.74) is 0. The number of amides is 2. The Balaban J connectivity index is 2.79. The highest BCUT2D eigenvalue weighted by Gasteiger charge is 2.26. The van der Waals surface area contributed by atoms with Crippen molar-refractivity contribution in [3.63, 3.8) is 0 Å². The molecule has 0 aliphatic carbocycles. The van der Waals surface area contributed by atoms with Gasteiger partial charge in [-0.05, 0) is 6.08 Å². The number of rotatable bonds is 0. The van der Waals surface area contributed by atoms with E-state index in [2.05, 4.69) is 0 Å². The summed E-state index contributed by atoms with van der Waals surface area (Å²) in [6.45, 7) is 1.23. The number of aliphatic hydroxyl groups excluding tert-OH is 1. The van der Waals surface area contributed by atoms with Crippen molar-refractivity contribution in [3.8, 4) is 0 Å². The van der Waals surface area contributed by atoms with Crippen molar-refractivity contribution >= 4 is 11.8 Å². The molecule has 1 aliphatic rings. The molecule has 0 spiro atoms. The normalized spacial score (nSPS) is 24.0. The minimum Gasteiger partial charge on any atom is -0.369 e. The van der Waals surface area contributed by atoms with Gasteiger partial charge in [-0.3, -0.25) is 9.59 Å². The number of hydrogen-bond acceptors (Lipinski definition) is 3. The number of carbonyl (C=O) groups is 2. The molecule has 1 heterocycles. The van der Waals surface area contributed by atoms with E-state index < -0.39 is 18.0 Å². The lowest BCUT2D eigenvalue weighted by atomic mass is 10.5. The summed E-state index contributed by atoms with van der Waals surface area (Å²) < 4.78 is 0. The molecule has 0 fully saturated rings. The van der Waals surface area contributed by atoms with E-state index in [4.69, 9.17) is 5.11 Å².